The molecule has 0 N–H and O–H groups in total. The fourth-order valence-electron chi connectivity index (χ4n) is 2.75. The van der Waals surface area contributed by atoms with Gasteiger partial charge in [0.1, 0.15) is 0 Å². The first-order valence-electron chi connectivity index (χ1n) is 9.55. The quantitative estimate of drug-likeness (QED) is 0.392. The van der Waals surface area contributed by atoms with Gasteiger partial charge in [0.15, 0.2) is 0 Å². The zero-order valence-electron chi connectivity index (χ0n) is 15.8. The number of rotatable bonds is 12. The van der Waals surface area contributed by atoms with E-state index in [4.69, 9.17) is 0 Å². The summed E-state index contributed by atoms with van der Waals surface area (Å²) in [4.78, 5) is 2.52. The molecule has 0 aliphatic rings. The van der Waals surface area contributed by atoms with Crippen molar-refractivity contribution in [2.24, 2.45) is 11.8 Å². The predicted molar refractivity (Wildman–Crippen MR) is 104 cm³/mol. The summed E-state index contributed by atoms with van der Waals surface area (Å²) in [6.07, 6.45) is 12.6. The van der Waals surface area contributed by atoms with Crippen molar-refractivity contribution in [3.05, 3.63) is 42.1 Å². The molecule has 130 valence electrons. The molecule has 0 atom stereocenters. The van der Waals surface area contributed by atoms with Crippen molar-refractivity contribution in [1.82, 2.24) is 4.90 Å². The lowest BCUT2D eigenvalue weighted by Gasteiger charge is -2.21. The average Bonchev–Trinajstić information content (AvgIpc) is 2.52. The molecule has 1 aromatic carbocycles. The summed E-state index contributed by atoms with van der Waals surface area (Å²) in [6.45, 7) is 11.7. The molecule has 0 unspecified atom stereocenters. The molecule has 0 radical (unpaired) electrons. The van der Waals surface area contributed by atoms with Crippen LogP contribution in [-0.2, 0) is 0 Å². The van der Waals surface area contributed by atoms with Crippen LogP contribution in [-0.4, -0.2) is 18.0 Å². The zero-order valence-corrected chi connectivity index (χ0v) is 15.8. The Labute approximate surface area is 144 Å². The minimum Gasteiger partial charge on any atom is -0.377 e. The van der Waals surface area contributed by atoms with Gasteiger partial charge in [-0.25, -0.2) is 0 Å². The molecule has 1 heteroatoms. The Kier molecular flexibility index (Phi) is 10.5. The first kappa shape index (κ1) is 19.8. The molecule has 0 saturated heterocycles. The van der Waals surface area contributed by atoms with E-state index in [1.54, 1.807) is 0 Å². The molecule has 1 rings (SSSR count). The van der Waals surface area contributed by atoms with Crippen molar-refractivity contribution in [2.75, 3.05) is 13.1 Å². The third kappa shape index (κ3) is 11.0. The van der Waals surface area contributed by atoms with Gasteiger partial charge in [-0.2, -0.15) is 0 Å². The smallest absolute Gasteiger partial charge is 0.0172 e. The predicted octanol–water partition coefficient (Wildman–Crippen LogP) is 6.61. The minimum atomic E-state index is 0.828. The zero-order chi connectivity index (χ0) is 16.9. The highest BCUT2D eigenvalue weighted by atomic mass is 15.1. The average molecular weight is 316 g/mol. The molecule has 0 bridgehead atoms. The summed E-state index contributed by atoms with van der Waals surface area (Å²) in [6, 6.07) is 10.6. The molecule has 0 amide bonds. The van der Waals surface area contributed by atoms with Gasteiger partial charge in [0.05, 0.1) is 0 Å². The lowest BCUT2D eigenvalue weighted by molar-refractivity contribution is 0.344. The third-order valence-corrected chi connectivity index (χ3v) is 4.23. The van der Waals surface area contributed by atoms with Gasteiger partial charge in [-0.05, 0) is 42.5 Å². The monoisotopic (exact) mass is 315 g/mol. The van der Waals surface area contributed by atoms with Crippen LogP contribution in [0.2, 0.25) is 0 Å². The molecule has 1 aromatic rings. The molecule has 1 nitrogen and oxygen atoms in total. The number of benzene rings is 1. The SMILES string of the molecule is CC(C)CCCCN(C=Cc1ccccc1)CCCCC(C)C. The van der Waals surface area contributed by atoms with E-state index < -0.39 is 0 Å². The van der Waals surface area contributed by atoms with Crippen molar-refractivity contribution in [2.45, 2.75) is 66.2 Å². The van der Waals surface area contributed by atoms with E-state index in [0.717, 1.165) is 11.8 Å². The van der Waals surface area contributed by atoms with Crippen molar-refractivity contribution < 1.29 is 0 Å². The second-order valence-electron chi connectivity index (χ2n) is 7.54. The van der Waals surface area contributed by atoms with Crippen LogP contribution in [0.1, 0.15) is 71.8 Å². The van der Waals surface area contributed by atoms with Crippen LogP contribution in [0.25, 0.3) is 6.08 Å². The Balaban J connectivity index is 2.41. The van der Waals surface area contributed by atoms with Crippen molar-refractivity contribution >= 4 is 6.08 Å². The van der Waals surface area contributed by atoms with E-state index in [1.807, 2.05) is 0 Å². The fourth-order valence-corrected chi connectivity index (χ4v) is 2.75. The summed E-state index contributed by atoms with van der Waals surface area (Å²) >= 11 is 0. The van der Waals surface area contributed by atoms with E-state index >= 15 is 0 Å². The van der Waals surface area contributed by atoms with Crippen molar-refractivity contribution in [3.63, 3.8) is 0 Å². The third-order valence-electron chi connectivity index (χ3n) is 4.23. The highest BCUT2D eigenvalue weighted by Gasteiger charge is 2.02. The van der Waals surface area contributed by atoms with Gasteiger partial charge in [-0.15, -0.1) is 0 Å². The van der Waals surface area contributed by atoms with Crippen LogP contribution in [0.4, 0.5) is 0 Å². The largest absolute Gasteiger partial charge is 0.377 e. The van der Waals surface area contributed by atoms with Gasteiger partial charge in [0.2, 0.25) is 0 Å². The van der Waals surface area contributed by atoms with Gasteiger partial charge in [-0.3, -0.25) is 0 Å². The lowest BCUT2D eigenvalue weighted by Crippen LogP contribution is -2.20. The lowest BCUT2D eigenvalue weighted by atomic mass is 10.1. The number of hydrogen-bond donors (Lipinski definition) is 0. The molecule has 0 heterocycles. The van der Waals surface area contributed by atoms with Gasteiger partial charge in [-0.1, -0.05) is 83.7 Å². The summed E-state index contributed by atoms with van der Waals surface area (Å²) < 4.78 is 0. The summed E-state index contributed by atoms with van der Waals surface area (Å²) in [5, 5.41) is 0. The van der Waals surface area contributed by atoms with E-state index in [0.29, 0.717) is 0 Å². The fraction of sp³-hybridized carbons (Fsp3) is 0.636. The van der Waals surface area contributed by atoms with Gasteiger partial charge in [0.25, 0.3) is 0 Å². The van der Waals surface area contributed by atoms with Crippen molar-refractivity contribution in [1.29, 1.82) is 0 Å². The maximum atomic E-state index is 2.52. The Morgan fingerprint density at radius 3 is 1.78 bits per heavy atom. The summed E-state index contributed by atoms with van der Waals surface area (Å²) in [5.41, 5.74) is 1.29. The second kappa shape index (κ2) is 12.2. The Bertz CT molecular complexity index is 389. The second-order valence-corrected chi connectivity index (χ2v) is 7.54. The maximum Gasteiger partial charge on any atom is 0.0172 e. The molecule has 0 aromatic heterocycles. The summed E-state index contributed by atoms with van der Waals surface area (Å²) in [7, 11) is 0. The van der Waals surface area contributed by atoms with Crippen LogP contribution in [0.15, 0.2) is 36.5 Å². The molecule has 0 fully saturated rings. The summed E-state index contributed by atoms with van der Waals surface area (Å²) in [5.74, 6) is 1.66. The standard InChI is InChI=1S/C22H37N/c1-20(2)12-8-10-17-23(18-11-9-13-21(3)4)19-16-22-14-6-5-7-15-22/h5-7,14-16,19-21H,8-13,17-18H2,1-4H3. The van der Waals surface area contributed by atoms with Gasteiger partial charge < -0.3 is 4.90 Å². The van der Waals surface area contributed by atoms with Gasteiger partial charge in [0, 0.05) is 13.1 Å². The topological polar surface area (TPSA) is 3.24 Å². The van der Waals surface area contributed by atoms with Crippen LogP contribution >= 0.6 is 0 Å². The number of nitrogens with zero attached hydrogens (tertiary/aromatic N) is 1. The van der Waals surface area contributed by atoms with Crippen molar-refractivity contribution in [3.8, 4) is 0 Å². The Morgan fingerprint density at radius 1 is 0.783 bits per heavy atom. The van der Waals surface area contributed by atoms with E-state index in [2.05, 4.69) is 75.2 Å². The molecule has 0 saturated carbocycles. The number of hydrogen-bond acceptors (Lipinski definition) is 1. The normalized spacial score (nSPS) is 11.7. The van der Waals surface area contributed by atoms with Crippen LogP contribution in [0, 0.1) is 11.8 Å². The first-order chi connectivity index (χ1) is 11.1. The molecule has 0 spiro atoms. The highest BCUT2D eigenvalue weighted by molar-refractivity contribution is 5.48. The van der Waals surface area contributed by atoms with E-state index in [9.17, 15) is 0 Å². The van der Waals surface area contributed by atoms with Crippen LogP contribution in [0.3, 0.4) is 0 Å². The minimum absolute atomic E-state index is 0.828. The van der Waals surface area contributed by atoms with E-state index in [-0.39, 0.29) is 0 Å². The number of unbranched alkanes of at least 4 members (excludes halogenated alkanes) is 2. The molecule has 23 heavy (non-hydrogen) atoms. The maximum absolute atomic E-state index is 2.52. The highest BCUT2D eigenvalue weighted by Crippen LogP contribution is 2.11. The molecule has 0 aliphatic carbocycles. The molecular formula is C22H37N. The van der Waals surface area contributed by atoms with E-state index in [1.165, 1.54) is 57.2 Å². The Hall–Kier alpha value is -1.24. The van der Waals surface area contributed by atoms with Gasteiger partial charge >= 0.3 is 0 Å². The molecule has 0 aliphatic heterocycles. The Morgan fingerprint density at radius 2 is 1.30 bits per heavy atom. The molecular weight excluding hydrogens is 278 g/mol. The van der Waals surface area contributed by atoms with Crippen LogP contribution in [0.5, 0.6) is 0 Å². The van der Waals surface area contributed by atoms with Crippen LogP contribution < -0.4 is 0 Å². The first-order valence-corrected chi connectivity index (χ1v) is 9.55.